The summed E-state index contributed by atoms with van der Waals surface area (Å²) in [5.74, 6) is 0.747. The second-order valence-corrected chi connectivity index (χ2v) is 4.57. The lowest BCUT2D eigenvalue weighted by Crippen LogP contribution is -2.26. The molecular weight excluding hydrogens is 136 g/mol. The minimum atomic E-state index is 0.360. The van der Waals surface area contributed by atoms with Crippen LogP contribution in [0.1, 0.15) is 46.5 Å². The summed E-state index contributed by atoms with van der Waals surface area (Å²) in [6, 6.07) is 0. The van der Waals surface area contributed by atoms with E-state index in [1.54, 1.807) is 6.92 Å². The Morgan fingerprint density at radius 1 is 1.45 bits per heavy atom. The van der Waals surface area contributed by atoms with Crippen LogP contribution >= 0.6 is 0 Å². The number of carbonyl (C=O) groups is 1. The standard InChI is InChI=1S/C10H18O/c1-8(11)9-5-4-6-10(2,3)7-9/h9H,4-7H2,1-3H3. The molecule has 0 aromatic rings. The lowest BCUT2D eigenvalue weighted by atomic mass is 9.71. The van der Waals surface area contributed by atoms with Crippen LogP contribution in [0.25, 0.3) is 0 Å². The van der Waals surface area contributed by atoms with Gasteiger partial charge in [-0.1, -0.05) is 20.3 Å². The van der Waals surface area contributed by atoms with Gasteiger partial charge in [0.05, 0.1) is 0 Å². The first-order chi connectivity index (χ1) is 5.01. The Morgan fingerprint density at radius 2 is 2.09 bits per heavy atom. The predicted molar refractivity (Wildman–Crippen MR) is 46.4 cm³/mol. The van der Waals surface area contributed by atoms with Crippen LogP contribution in [-0.4, -0.2) is 5.78 Å². The molecule has 1 aliphatic rings. The SMILES string of the molecule is CC(=O)C1CCCC(C)(C)C1. The summed E-state index contributed by atoms with van der Waals surface area (Å²) in [6.07, 6.45) is 4.75. The summed E-state index contributed by atoms with van der Waals surface area (Å²) in [5, 5.41) is 0. The summed E-state index contributed by atoms with van der Waals surface area (Å²) in [4.78, 5) is 11.1. The van der Waals surface area contributed by atoms with Gasteiger partial charge in [-0.25, -0.2) is 0 Å². The molecule has 1 fully saturated rings. The molecule has 0 radical (unpaired) electrons. The number of ketones is 1. The van der Waals surface area contributed by atoms with Crippen molar-refractivity contribution in [1.82, 2.24) is 0 Å². The van der Waals surface area contributed by atoms with Crippen LogP contribution in [0.4, 0.5) is 0 Å². The van der Waals surface area contributed by atoms with Crippen molar-refractivity contribution >= 4 is 5.78 Å². The topological polar surface area (TPSA) is 17.1 Å². The molecule has 1 saturated carbocycles. The number of rotatable bonds is 1. The van der Waals surface area contributed by atoms with Crippen LogP contribution < -0.4 is 0 Å². The molecule has 1 rings (SSSR count). The van der Waals surface area contributed by atoms with Gasteiger partial charge in [-0.3, -0.25) is 4.79 Å². The van der Waals surface area contributed by atoms with E-state index >= 15 is 0 Å². The van der Waals surface area contributed by atoms with Crippen LogP contribution in [0.15, 0.2) is 0 Å². The van der Waals surface area contributed by atoms with Crippen molar-refractivity contribution in [2.24, 2.45) is 11.3 Å². The molecule has 1 unspecified atom stereocenters. The van der Waals surface area contributed by atoms with Gasteiger partial charge in [0.2, 0.25) is 0 Å². The molecule has 1 aliphatic carbocycles. The molecule has 0 N–H and O–H groups in total. The fourth-order valence-corrected chi connectivity index (χ4v) is 2.05. The van der Waals surface area contributed by atoms with Gasteiger partial charge in [0.25, 0.3) is 0 Å². The number of Topliss-reactive ketones (excluding diaryl/α,β-unsaturated/α-hetero) is 1. The van der Waals surface area contributed by atoms with Crippen LogP contribution in [-0.2, 0) is 4.79 Å². The molecule has 1 nitrogen and oxygen atoms in total. The smallest absolute Gasteiger partial charge is 0.132 e. The van der Waals surface area contributed by atoms with Gasteiger partial charge in [0, 0.05) is 5.92 Å². The fourth-order valence-electron chi connectivity index (χ4n) is 2.05. The largest absolute Gasteiger partial charge is 0.300 e. The van der Waals surface area contributed by atoms with Gasteiger partial charge in [-0.2, -0.15) is 0 Å². The highest BCUT2D eigenvalue weighted by Gasteiger charge is 2.29. The highest BCUT2D eigenvalue weighted by molar-refractivity contribution is 5.78. The molecule has 11 heavy (non-hydrogen) atoms. The Morgan fingerprint density at radius 3 is 2.45 bits per heavy atom. The Kier molecular flexibility index (Phi) is 2.36. The number of hydrogen-bond donors (Lipinski definition) is 0. The first-order valence-corrected chi connectivity index (χ1v) is 4.52. The van der Waals surface area contributed by atoms with Gasteiger partial charge in [0.15, 0.2) is 0 Å². The highest BCUT2D eigenvalue weighted by Crippen LogP contribution is 2.38. The number of hydrogen-bond acceptors (Lipinski definition) is 1. The third-order valence-electron chi connectivity index (χ3n) is 2.78. The maximum atomic E-state index is 11.1. The average molecular weight is 154 g/mol. The van der Waals surface area contributed by atoms with Crippen molar-refractivity contribution in [3.63, 3.8) is 0 Å². The second kappa shape index (κ2) is 2.96. The maximum absolute atomic E-state index is 11.1. The highest BCUT2D eigenvalue weighted by atomic mass is 16.1. The van der Waals surface area contributed by atoms with Crippen LogP contribution in [0.2, 0.25) is 0 Å². The first kappa shape index (κ1) is 8.76. The lowest BCUT2D eigenvalue weighted by Gasteiger charge is -2.33. The van der Waals surface area contributed by atoms with E-state index in [-0.39, 0.29) is 0 Å². The third kappa shape index (κ3) is 2.32. The summed E-state index contributed by atoms with van der Waals surface area (Å²) in [5.41, 5.74) is 0.411. The van der Waals surface area contributed by atoms with E-state index in [9.17, 15) is 4.79 Å². The van der Waals surface area contributed by atoms with Crippen LogP contribution in [0.3, 0.4) is 0 Å². The molecule has 0 saturated heterocycles. The van der Waals surface area contributed by atoms with Crippen LogP contribution in [0, 0.1) is 11.3 Å². The second-order valence-electron chi connectivity index (χ2n) is 4.57. The molecule has 0 bridgehead atoms. The quantitative estimate of drug-likeness (QED) is 0.567. The summed E-state index contributed by atoms with van der Waals surface area (Å²) in [7, 11) is 0. The molecular formula is C10H18O. The van der Waals surface area contributed by atoms with E-state index in [4.69, 9.17) is 0 Å². The minimum Gasteiger partial charge on any atom is -0.300 e. The van der Waals surface area contributed by atoms with Gasteiger partial charge in [-0.05, 0) is 31.6 Å². The van der Waals surface area contributed by atoms with E-state index in [0.717, 1.165) is 12.8 Å². The Labute approximate surface area is 69.2 Å². The normalized spacial score (nSPS) is 29.9. The molecule has 0 aromatic carbocycles. The predicted octanol–water partition coefficient (Wildman–Crippen LogP) is 2.79. The van der Waals surface area contributed by atoms with Gasteiger partial charge in [0.1, 0.15) is 5.78 Å². The third-order valence-corrected chi connectivity index (χ3v) is 2.78. The van der Waals surface area contributed by atoms with Crippen molar-refractivity contribution in [2.45, 2.75) is 46.5 Å². The summed E-state index contributed by atoms with van der Waals surface area (Å²) in [6.45, 7) is 6.26. The molecule has 0 heterocycles. The maximum Gasteiger partial charge on any atom is 0.132 e. The molecule has 64 valence electrons. The monoisotopic (exact) mass is 154 g/mol. The van der Waals surface area contributed by atoms with Gasteiger partial charge in [-0.15, -0.1) is 0 Å². The molecule has 0 amide bonds. The molecule has 1 heteroatoms. The van der Waals surface area contributed by atoms with E-state index in [1.165, 1.54) is 12.8 Å². The Hall–Kier alpha value is -0.330. The molecule has 0 aliphatic heterocycles. The summed E-state index contributed by atoms with van der Waals surface area (Å²) >= 11 is 0. The van der Waals surface area contributed by atoms with Gasteiger partial charge >= 0.3 is 0 Å². The molecule has 0 aromatic heterocycles. The van der Waals surface area contributed by atoms with Crippen molar-refractivity contribution in [1.29, 1.82) is 0 Å². The Balaban J connectivity index is 2.53. The van der Waals surface area contributed by atoms with Crippen molar-refractivity contribution < 1.29 is 4.79 Å². The first-order valence-electron chi connectivity index (χ1n) is 4.52. The molecule has 1 atom stereocenters. The van der Waals surface area contributed by atoms with E-state index in [1.807, 2.05) is 0 Å². The zero-order chi connectivity index (χ0) is 8.48. The number of carbonyl (C=O) groups excluding carboxylic acids is 1. The zero-order valence-electron chi connectivity index (χ0n) is 7.81. The average Bonchev–Trinajstić information content (AvgIpc) is 1.85. The van der Waals surface area contributed by atoms with E-state index in [0.29, 0.717) is 17.1 Å². The van der Waals surface area contributed by atoms with Gasteiger partial charge < -0.3 is 0 Å². The summed E-state index contributed by atoms with van der Waals surface area (Å²) < 4.78 is 0. The van der Waals surface area contributed by atoms with E-state index in [2.05, 4.69) is 13.8 Å². The van der Waals surface area contributed by atoms with E-state index < -0.39 is 0 Å². The fraction of sp³-hybridized carbons (Fsp3) is 0.900. The van der Waals surface area contributed by atoms with Crippen molar-refractivity contribution in [2.75, 3.05) is 0 Å². The van der Waals surface area contributed by atoms with Crippen molar-refractivity contribution in [3.8, 4) is 0 Å². The Bertz CT molecular complexity index is 158. The molecule has 0 spiro atoms. The lowest BCUT2D eigenvalue weighted by molar-refractivity contribution is -0.122. The minimum absolute atomic E-state index is 0.360. The van der Waals surface area contributed by atoms with Crippen molar-refractivity contribution in [3.05, 3.63) is 0 Å². The zero-order valence-corrected chi connectivity index (χ0v) is 7.81. The van der Waals surface area contributed by atoms with Crippen LogP contribution in [0.5, 0.6) is 0 Å².